The lowest BCUT2D eigenvalue weighted by atomic mass is 10.5. The Bertz CT molecular complexity index is 494. The number of thioether (sulfide) groups is 1. The van der Waals surface area contributed by atoms with Crippen molar-refractivity contribution in [3.05, 3.63) is 17.8 Å². The molecule has 0 aliphatic carbocycles. The van der Waals surface area contributed by atoms with Crippen molar-refractivity contribution in [2.75, 3.05) is 11.5 Å². The summed E-state index contributed by atoms with van der Waals surface area (Å²) in [6.45, 7) is 1.95. The number of nitrogens with two attached hydrogens (primary N) is 2. The molecule has 0 aliphatic rings. The van der Waals surface area contributed by atoms with Gasteiger partial charge in [-0.1, -0.05) is 23.8 Å². The molecule has 90 valence electrons. The highest BCUT2D eigenvalue weighted by molar-refractivity contribution is 7.98. The van der Waals surface area contributed by atoms with E-state index in [2.05, 4.69) is 20.1 Å². The van der Waals surface area contributed by atoms with E-state index >= 15 is 0 Å². The lowest BCUT2D eigenvalue weighted by Crippen LogP contribution is -1.99. The molecular weight excluding hydrogens is 240 g/mol. The molecule has 17 heavy (non-hydrogen) atoms. The summed E-state index contributed by atoms with van der Waals surface area (Å²) in [4.78, 5) is 12.3. The van der Waals surface area contributed by atoms with Crippen LogP contribution in [-0.4, -0.2) is 20.1 Å². The van der Waals surface area contributed by atoms with E-state index in [-0.39, 0.29) is 0 Å². The first kappa shape index (κ1) is 11.6. The maximum atomic E-state index is 5.56. The van der Waals surface area contributed by atoms with E-state index in [1.54, 1.807) is 0 Å². The van der Waals surface area contributed by atoms with E-state index in [1.165, 1.54) is 17.8 Å². The first-order valence-electron chi connectivity index (χ1n) is 5.01. The molecule has 0 atom stereocenters. The molecule has 0 bridgehead atoms. The van der Waals surface area contributed by atoms with Crippen molar-refractivity contribution in [2.45, 2.75) is 24.3 Å². The Balaban J connectivity index is 2.01. The van der Waals surface area contributed by atoms with Crippen LogP contribution in [0.15, 0.2) is 15.7 Å². The summed E-state index contributed by atoms with van der Waals surface area (Å²) in [6, 6.07) is 1.51. The second-order valence-corrected chi connectivity index (χ2v) is 4.19. The summed E-state index contributed by atoms with van der Waals surface area (Å²) in [6.07, 6.45) is 0.722. The summed E-state index contributed by atoms with van der Waals surface area (Å²) >= 11 is 1.36. The standard InChI is InChI=1S/C9H12N6OS/c1-2-8-14-7(15-16-8)4-17-9-12-5(10)3-6(11)13-9/h3H,2,4H2,1H3,(H4,10,11,12,13). The van der Waals surface area contributed by atoms with Gasteiger partial charge < -0.3 is 16.0 Å². The van der Waals surface area contributed by atoms with Gasteiger partial charge in [-0.25, -0.2) is 9.97 Å². The van der Waals surface area contributed by atoms with Crippen LogP contribution in [0.5, 0.6) is 0 Å². The maximum Gasteiger partial charge on any atom is 0.226 e. The van der Waals surface area contributed by atoms with Crippen molar-refractivity contribution in [3.8, 4) is 0 Å². The van der Waals surface area contributed by atoms with Crippen LogP contribution in [0, 0.1) is 0 Å². The Morgan fingerprint density at radius 3 is 2.53 bits per heavy atom. The van der Waals surface area contributed by atoms with Crippen molar-refractivity contribution in [3.63, 3.8) is 0 Å². The monoisotopic (exact) mass is 252 g/mol. The van der Waals surface area contributed by atoms with Crippen molar-refractivity contribution in [1.82, 2.24) is 20.1 Å². The molecule has 0 unspecified atom stereocenters. The summed E-state index contributed by atoms with van der Waals surface area (Å²) in [5.74, 6) is 2.45. The minimum absolute atomic E-state index is 0.349. The van der Waals surface area contributed by atoms with Crippen LogP contribution in [0.2, 0.25) is 0 Å². The molecular formula is C9H12N6OS. The van der Waals surface area contributed by atoms with Gasteiger partial charge in [0, 0.05) is 12.5 Å². The third kappa shape index (κ3) is 3.06. The lowest BCUT2D eigenvalue weighted by molar-refractivity contribution is 0.378. The number of hydrogen-bond donors (Lipinski definition) is 2. The molecule has 0 fully saturated rings. The molecule has 0 saturated heterocycles. The minimum atomic E-state index is 0.349. The van der Waals surface area contributed by atoms with Gasteiger partial charge in [-0.2, -0.15) is 4.98 Å². The molecule has 0 radical (unpaired) electrons. The van der Waals surface area contributed by atoms with E-state index in [4.69, 9.17) is 16.0 Å². The number of nitrogens with zero attached hydrogens (tertiary/aromatic N) is 4. The first-order valence-corrected chi connectivity index (χ1v) is 6.00. The van der Waals surface area contributed by atoms with Gasteiger partial charge in [-0.3, -0.25) is 0 Å². The van der Waals surface area contributed by atoms with Gasteiger partial charge in [0.15, 0.2) is 11.0 Å². The van der Waals surface area contributed by atoms with E-state index in [1.807, 2.05) is 6.92 Å². The highest BCUT2D eigenvalue weighted by Gasteiger charge is 2.07. The van der Waals surface area contributed by atoms with Crippen LogP contribution < -0.4 is 11.5 Å². The third-order valence-electron chi connectivity index (χ3n) is 1.89. The van der Waals surface area contributed by atoms with E-state index < -0.39 is 0 Å². The zero-order valence-corrected chi connectivity index (χ0v) is 10.1. The minimum Gasteiger partial charge on any atom is -0.383 e. The van der Waals surface area contributed by atoms with E-state index in [0.29, 0.717) is 34.3 Å². The Kier molecular flexibility index (Phi) is 3.43. The van der Waals surface area contributed by atoms with Crippen LogP contribution in [-0.2, 0) is 12.2 Å². The van der Waals surface area contributed by atoms with Crippen molar-refractivity contribution < 1.29 is 4.52 Å². The lowest BCUT2D eigenvalue weighted by Gasteiger charge is -2.00. The summed E-state index contributed by atoms with van der Waals surface area (Å²) < 4.78 is 4.99. The van der Waals surface area contributed by atoms with Crippen LogP contribution in [0.4, 0.5) is 11.6 Å². The Hall–Kier alpha value is -1.83. The van der Waals surface area contributed by atoms with Crippen LogP contribution in [0.1, 0.15) is 18.6 Å². The molecule has 0 saturated carbocycles. The quantitative estimate of drug-likeness (QED) is 0.608. The molecule has 0 aromatic carbocycles. The summed E-state index contributed by atoms with van der Waals surface area (Å²) in [7, 11) is 0. The molecule has 4 N–H and O–H groups in total. The Morgan fingerprint density at radius 2 is 1.94 bits per heavy atom. The second kappa shape index (κ2) is 5.00. The average molecular weight is 252 g/mol. The first-order chi connectivity index (χ1) is 8.17. The largest absolute Gasteiger partial charge is 0.383 e. The Labute approximate surface area is 102 Å². The fourth-order valence-electron chi connectivity index (χ4n) is 1.15. The molecule has 2 aromatic heterocycles. The second-order valence-electron chi connectivity index (χ2n) is 3.25. The smallest absolute Gasteiger partial charge is 0.226 e. The molecule has 2 aromatic rings. The zero-order chi connectivity index (χ0) is 12.3. The molecule has 0 amide bonds. The molecule has 0 spiro atoms. The van der Waals surface area contributed by atoms with Crippen molar-refractivity contribution in [1.29, 1.82) is 0 Å². The number of anilines is 2. The summed E-state index contributed by atoms with van der Waals surface area (Å²) in [5, 5.41) is 4.33. The number of hydrogen-bond acceptors (Lipinski definition) is 8. The summed E-state index contributed by atoms with van der Waals surface area (Å²) in [5.41, 5.74) is 11.1. The highest BCUT2D eigenvalue weighted by atomic mass is 32.2. The van der Waals surface area contributed by atoms with Crippen LogP contribution >= 0.6 is 11.8 Å². The van der Waals surface area contributed by atoms with Gasteiger partial charge in [0.25, 0.3) is 0 Å². The molecule has 2 heterocycles. The van der Waals surface area contributed by atoms with Crippen molar-refractivity contribution in [2.24, 2.45) is 0 Å². The fourth-order valence-corrected chi connectivity index (χ4v) is 1.86. The van der Waals surface area contributed by atoms with Gasteiger partial charge >= 0.3 is 0 Å². The van der Waals surface area contributed by atoms with Crippen LogP contribution in [0.3, 0.4) is 0 Å². The number of aromatic nitrogens is 4. The van der Waals surface area contributed by atoms with Crippen molar-refractivity contribution >= 4 is 23.4 Å². The highest BCUT2D eigenvalue weighted by Crippen LogP contribution is 2.19. The normalized spacial score (nSPS) is 10.6. The van der Waals surface area contributed by atoms with E-state index in [0.717, 1.165) is 6.42 Å². The predicted molar refractivity (Wildman–Crippen MR) is 64.1 cm³/mol. The van der Waals surface area contributed by atoms with Gasteiger partial charge in [-0.05, 0) is 0 Å². The third-order valence-corrected chi connectivity index (χ3v) is 2.73. The topological polar surface area (TPSA) is 117 Å². The maximum absolute atomic E-state index is 5.56. The van der Waals surface area contributed by atoms with Gasteiger partial charge in [0.2, 0.25) is 5.89 Å². The SMILES string of the molecule is CCc1nc(CSc2nc(N)cc(N)n2)no1. The van der Waals surface area contributed by atoms with E-state index in [9.17, 15) is 0 Å². The molecule has 2 rings (SSSR count). The average Bonchev–Trinajstić information content (AvgIpc) is 2.73. The molecule has 0 aliphatic heterocycles. The fraction of sp³-hybridized carbons (Fsp3) is 0.333. The number of rotatable bonds is 4. The zero-order valence-electron chi connectivity index (χ0n) is 9.25. The number of nitrogen functional groups attached to an aromatic ring is 2. The molecule has 7 nitrogen and oxygen atoms in total. The van der Waals surface area contributed by atoms with Gasteiger partial charge in [0.05, 0.1) is 5.75 Å². The van der Waals surface area contributed by atoms with Gasteiger partial charge in [0.1, 0.15) is 11.6 Å². The van der Waals surface area contributed by atoms with Gasteiger partial charge in [-0.15, -0.1) is 0 Å². The number of aryl methyl sites for hydroxylation is 1. The Morgan fingerprint density at radius 1 is 1.24 bits per heavy atom. The van der Waals surface area contributed by atoms with Crippen LogP contribution in [0.25, 0.3) is 0 Å². The predicted octanol–water partition coefficient (Wildman–Crippen LogP) is 0.879. The molecule has 8 heteroatoms.